The molecule has 4 heteroatoms. The predicted octanol–water partition coefficient (Wildman–Crippen LogP) is 5.84. The molecule has 0 aliphatic rings. The van der Waals surface area contributed by atoms with Gasteiger partial charge in [0.25, 0.3) is 0 Å². The van der Waals surface area contributed by atoms with E-state index in [9.17, 15) is 0 Å². The highest BCUT2D eigenvalue weighted by atomic mass is 32.1. The number of benzene rings is 2. The van der Waals surface area contributed by atoms with Gasteiger partial charge in [0.1, 0.15) is 17.0 Å². The van der Waals surface area contributed by atoms with Gasteiger partial charge in [0.15, 0.2) is 0 Å². The fourth-order valence-corrected chi connectivity index (χ4v) is 4.07. The fourth-order valence-electron chi connectivity index (χ4n) is 2.98. The molecule has 0 bridgehead atoms. The molecule has 25 heavy (non-hydrogen) atoms. The Morgan fingerprint density at radius 1 is 0.960 bits per heavy atom. The minimum atomic E-state index is 0.182. The number of aryl methyl sites for hydroxylation is 1. The van der Waals surface area contributed by atoms with Gasteiger partial charge in [-0.2, -0.15) is 0 Å². The second kappa shape index (κ2) is 6.65. The molecule has 124 valence electrons. The van der Waals surface area contributed by atoms with Gasteiger partial charge in [0, 0.05) is 10.9 Å². The lowest BCUT2D eigenvalue weighted by molar-refractivity contribution is 0.876. The Balaban J connectivity index is 1.72. The molecule has 1 unspecified atom stereocenters. The third-order valence-corrected chi connectivity index (χ3v) is 5.47. The van der Waals surface area contributed by atoms with E-state index >= 15 is 0 Å². The summed E-state index contributed by atoms with van der Waals surface area (Å²) in [6.07, 6.45) is 1.64. The molecule has 2 aromatic heterocycles. The van der Waals surface area contributed by atoms with Gasteiger partial charge in [0.05, 0.1) is 5.39 Å². The summed E-state index contributed by atoms with van der Waals surface area (Å²) in [6.45, 7) is 4.29. The topological polar surface area (TPSA) is 37.8 Å². The summed E-state index contributed by atoms with van der Waals surface area (Å²) in [7, 11) is 0. The first-order valence-corrected chi connectivity index (χ1v) is 9.16. The maximum absolute atomic E-state index is 4.49. The molecule has 1 N–H and O–H groups in total. The zero-order valence-electron chi connectivity index (χ0n) is 14.2. The number of aromatic nitrogens is 2. The number of hydrogen-bond acceptors (Lipinski definition) is 4. The van der Waals surface area contributed by atoms with E-state index in [2.05, 4.69) is 83.7 Å². The van der Waals surface area contributed by atoms with Crippen molar-refractivity contribution in [2.24, 2.45) is 0 Å². The van der Waals surface area contributed by atoms with E-state index in [0.717, 1.165) is 16.0 Å². The van der Waals surface area contributed by atoms with Crippen molar-refractivity contribution in [3.63, 3.8) is 0 Å². The first-order valence-electron chi connectivity index (χ1n) is 8.34. The summed E-state index contributed by atoms with van der Waals surface area (Å²) in [5.41, 5.74) is 3.77. The van der Waals surface area contributed by atoms with Crippen molar-refractivity contribution >= 4 is 27.4 Å². The van der Waals surface area contributed by atoms with Crippen molar-refractivity contribution in [3.05, 3.63) is 78.1 Å². The minimum Gasteiger partial charge on any atom is -0.363 e. The molecular weight excluding hydrogens is 326 g/mol. The minimum absolute atomic E-state index is 0.182. The summed E-state index contributed by atoms with van der Waals surface area (Å²) >= 11 is 1.71. The summed E-state index contributed by atoms with van der Waals surface area (Å²) in [5, 5.41) is 4.61. The van der Waals surface area contributed by atoms with Crippen LogP contribution in [0.3, 0.4) is 0 Å². The molecule has 0 fully saturated rings. The first kappa shape index (κ1) is 15.8. The van der Waals surface area contributed by atoms with Crippen LogP contribution in [0.1, 0.15) is 24.1 Å². The Hall–Kier alpha value is -2.72. The molecule has 0 amide bonds. The molecule has 0 spiro atoms. The Kier molecular flexibility index (Phi) is 4.20. The highest BCUT2D eigenvalue weighted by Crippen LogP contribution is 2.37. The van der Waals surface area contributed by atoms with Crippen LogP contribution in [0.15, 0.2) is 67.0 Å². The molecular formula is C21H19N3S. The molecule has 4 aromatic rings. The zero-order valence-corrected chi connectivity index (χ0v) is 15.0. The Morgan fingerprint density at radius 3 is 2.52 bits per heavy atom. The lowest BCUT2D eigenvalue weighted by atomic mass is 10.1. The van der Waals surface area contributed by atoms with Crippen molar-refractivity contribution in [2.45, 2.75) is 19.9 Å². The quantitative estimate of drug-likeness (QED) is 0.505. The van der Waals surface area contributed by atoms with Crippen molar-refractivity contribution in [1.82, 2.24) is 9.97 Å². The normalized spacial score (nSPS) is 12.2. The van der Waals surface area contributed by atoms with Gasteiger partial charge in [-0.05, 0) is 36.6 Å². The monoisotopic (exact) mass is 345 g/mol. The van der Waals surface area contributed by atoms with E-state index < -0.39 is 0 Å². The van der Waals surface area contributed by atoms with Crippen LogP contribution in [0.25, 0.3) is 20.7 Å². The standard InChI is InChI=1S/C21H19N3S/c1-14-8-6-7-11-17(14)19-12-18-20(22-13-23-21(18)25-19)24-15(2)16-9-4-3-5-10-16/h3-13,15H,1-2H3,(H,22,23,24). The van der Waals surface area contributed by atoms with Crippen molar-refractivity contribution in [2.75, 3.05) is 5.32 Å². The molecule has 3 nitrogen and oxygen atoms in total. The third-order valence-electron chi connectivity index (χ3n) is 4.39. The third kappa shape index (κ3) is 3.13. The number of fused-ring (bicyclic) bond motifs is 1. The number of rotatable bonds is 4. The van der Waals surface area contributed by atoms with Crippen LogP contribution in [0, 0.1) is 6.92 Å². The molecule has 0 saturated heterocycles. The number of thiophene rings is 1. The summed E-state index contributed by atoms with van der Waals surface area (Å²) in [5.74, 6) is 0.887. The lowest BCUT2D eigenvalue weighted by Gasteiger charge is -2.15. The molecule has 2 heterocycles. The van der Waals surface area contributed by atoms with Crippen LogP contribution >= 0.6 is 11.3 Å². The van der Waals surface area contributed by atoms with Crippen LogP contribution in [0.2, 0.25) is 0 Å². The highest BCUT2D eigenvalue weighted by Gasteiger charge is 2.13. The van der Waals surface area contributed by atoms with E-state index in [0.29, 0.717) is 0 Å². The highest BCUT2D eigenvalue weighted by molar-refractivity contribution is 7.21. The number of hydrogen-bond donors (Lipinski definition) is 1. The van der Waals surface area contributed by atoms with Gasteiger partial charge in [0.2, 0.25) is 0 Å². The maximum Gasteiger partial charge on any atom is 0.138 e. The summed E-state index contributed by atoms with van der Waals surface area (Å²) < 4.78 is 0. The molecule has 4 rings (SSSR count). The zero-order chi connectivity index (χ0) is 17.2. The number of nitrogens with one attached hydrogen (secondary N) is 1. The second-order valence-electron chi connectivity index (χ2n) is 6.14. The molecule has 0 aliphatic heterocycles. The predicted molar refractivity (Wildman–Crippen MR) is 106 cm³/mol. The molecule has 2 aromatic carbocycles. The van der Waals surface area contributed by atoms with Crippen LogP contribution < -0.4 is 5.32 Å². The van der Waals surface area contributed by atoms with Gasteiger partial charge < -0.3 is 5.32 Å². The van der Waals surface area contributed by atoms with Crippen LogP contribution in [-0.2, 0) is 0 Å². The average Bonchev–Trinajstić information content (AvgIpc) is 3.08. The van der Waals surface area contributed by atoms with Gasteiger partial charge in [-0.25, -0.2) is 9.97 Å². The largest absolute Gasteiger partial charge is 0.363 e. The SMILES string of the molecule is Cc1ccccc1-c1cc2c(NC(C)c3ccccc3)ncnc2s1. The van der Waals surface area contributed by atoms with Gasteiger partial charge in [-0.3, -0.25) is 0 Å². The van der Waals surface area contributed by atoms with E-state index in [4.69, 9.17) is 0 Å². The molecule has 0 aliphatic carbocycles. The van der Waals surface area contributed by atoms with Crippen LogP contribution in [0.5, 0.6) is 0 Å². The van der Waals surface area contributed by atoms with E-state index in [1.165, 1.54) is 21.6 Å². The summed E-state index contributed by atoms with van der Waals surface area (Å²) in [6, 6.07) is 21.2. The molecule has 0 radical (unpaired) electrons. The fraction of sp³-hybridized carbons (Fsp3) is 0.143. The lowest BCUT2D eigenvalue weighted by Crippen LogP contribution is -2.08. The first-order chi connectivity index (χ1) is 12.2. The van der Waals surface area contributed by atoms with Crippen LogP contribution in [-0.4, -0.2) is 9.97 Å². The smallest absolute Gasteiger partial charge is 0.138 e. The molecule has 1 atom stereocenters. The van der Waals surface area contributed by atoms with Crippen molar-refractivity contribution < 1.29 is 0 Å². The van der Waals surface area contributed by atoms with Gasteiger partial charge >= 0.3 is 0 Å². The Morgan fingerprint density at radius 2 is 1.72 bits per heavy atom. The Bertz CT molecular complexity index is 1010. The number of nitrogens with zero attached hydrogens (tertiary/aromatic N) is 2. The van der Waals surface area contributed by atoms with Crippen LogP contribution in [0.4, 0.5) is 5.82 Å². The molecule has 0 saturated carbocycles. The van der Waals surface area contributed by atoms with E-state index in [1.807, 2.05) is 6.07 Å². The Labute approximate surface area is 151 Å². The number of anilines is 1. The van der Waals surface area contributed by atoms with E-state index in [-0.39, 0.29) is 6.04 Å². The van der Waals surface area contributed by atoms with Gasteiger partial charge in [-0.15, -0.1) is 11.3 Å². The second-order valence-corrected chi connectivity index (χ2v) is 7.17. The van der Waals surface area contributed by atoms with Crippen molar-refractivity contribution in [1.29, 1.82) is 0 Å². The maximum atomic E-state index is 4.49. The van der Waals surface area contributed by atoms with Gasteiger partial charge in [-0.1, -0.05) is 54.6 Å². The van der Waals surface area contributed by atoms with Crippen molar-refractivity contribution in [3.8, 4) is 10.4 Å². The summed E-state index contributed by atoms with van der Waals surface area (Å²) in [4.78, 5) is 11.2. The van der Waals surface area contributed by atoms with E-state index in [1.54, 1.807) is 17.7 Å². The average molecular weight is 345 g/mol.